The zero-order valence-corrected chi connectivity index (χ0v) is 11.5. The van der Waals surface area contributed by atoms with Crippen LogP contribution in [0.3, 0.4) is 0 Å². The van der Waals surface area contributed by atoms with E-state index in [9.17, 15) is 8.42 Å². The van der Waals surface area contributed by atoms with Gasteiger partial charge in [-0.05, 0) is 38.6 Å². The SMILES string of the molecule is CN(CC1CCC1)C1(CN)CCS(=O)(=O)CC1. The van der Waals surface area contributed by atoms with Gasteiger partial charge in [-0.2, -0.15) is 0 Å². The average molecular weight is 260 g/mol. The summed E-state index contributed by atoms with van der Waals surface area (Å²) in [6, 6.07) is 0. The molecule has 2 N–H and O–H groups in total. The quantitative estimate of drug-likeness (QED) is 0.805. The summed E-state index contributed by atoms with van der Waals surface area (Å²) < 4.78 is 23.0. The molecule has 0 spiro atoms. The monoisotopic (exact) mass is 260 g/mol. The molecule has 17 heavy (non-hydrogen) atoms. The maximum absolute atomic E-state index is 11.5. The van der Waals surface area contributed by atoms with Gasteiger partial charge in [-0.15, -0.1) is 0 Å². The van der Waals surface area contributed by atoms with Gasteiger partial charge in [-0.1, -0.05) is 6.42 Å². The number of sulfone groups is 1. The van der Waals surface area contributed by atoms with Crippen LogP contribution in [0.15, 0.2) is 0 Å². The van der Waals surface area contributed by atoms with Gasteiger partial charge in [0.25, 0.3) is 0 Å². The summed E-state index contributed by atoms with van der Waals surface area (Å²) >= 11 is 0. The van der Waals surface area contributed by atoms with Gasteiger partial charge in [0.2, 0.25) is 0 Å². The topological polar surface area (TPSA) is 63.4 Å². The van der Waals surface area contributed by atoms with Crippen molar-refractivity contribution in [1.29, 1.82) is 0 Å². The van der Waals surface area contributed by atoms with Crippen molar-refractivity contribution < 1.29 is 8.42 Å². The van der Waals surface area contributed by atoms with Gasteiger partial charge in [-0.3, -0.25) is 4.90 Å². The first-order chi connectivity index (χ1) is 7.97. The van der Waals surface area contributed by atoms with Crippen molar-refractivity contribution in [2.45, 2.75) is 37.6 Å². The Bertz CT molecular complexity index is 349. The van der Waals surface area contributed by atoms with Gasteiger partial charge < -0.3 is 5.73 Å². The first kappa shape index (κ1) is 13.3. The van der Waals surface area contributed by atoms with E-state index < -0.39 is 9.84 Å². The molecule has 2 rings (SSSR count). The Morgan fingerprint density at radius 1 is 1.29 bits per heavy atom. The second-order valence-corrected chi connectivity index (χ2v) is 8.06. The van der Waals surface area contributed by atoms with Crippen molar-refractivity contribution in [3.05, 3.63) is 0 Å². The highest BCUT2D eigenvalue weighted by atomic mass is 32.2. The molecule has 1 saturated carbocycles. The van der Waals surface area contributed by atoms with Crippen molar-refractivity contribution in [3.8, 4) is 0 Å². The molecule has 1 heterocycles. The highest BCUT2D eigenvalue weighted by molar-refractivity contribution is 7.91. The molecule has 0 amide bonds. The Morgan fingerprint density at radius 3 is 2.29 bits per heavy atom. The highest BCUT2D eigenvalue weighted by Gasteiger charge is 2.40. The predicted molar refractivity (Wildman–Crippen MR) is 69.6 cm³/mol. The number of nitrogens with zero attached hydrogens (tertiary/aromatic N) is 1. The van der Waals surface area contributed by atoms with Crippen LogP contribution in [0.2, 0.25) is 0 Å². The van der Waals surface area contributed by atoms with Crippen LogP contribution in [0.4, 0.5) is 0 Å². The Morgan fingerprint density at radius 2 is 1.88 bits per heavy atom. The molecule has 0 radical (unpaired) electrons. The maximum Gasteiger partial charge on any atom is 0.150 e. The van der Waals surface area contributed by atoms with Crippen LogP contribution in [0.1, 0.15) is 32.1 Å². The fraction of sp³-hybridized carbons (Fsp3) is 1.00. The molecule has 1 saturated heterocycles. The van der Waals surface area contributed by atoms with Crippen LogP contribution in [0.5, 0.6) is 0 Å². The van der Waals surface area contributed by atoms with E-state index in [-0.39, 0.29) is 5.54 Å². The van der Waals surface area contributed by atoms with E-state index in [2.05, 4.69) is 11.9 Å². The fourth-order valence-electron chi connectivity index (χ4n) is 2.92. The molecule has 0 aromatic carbocycles. The summed E-state index contributed by atoms with van der Waals surface area (Å²) in [5.74, 6) is 1.42. The van der Waals surface area contributed by atoms with Crippen molar-refractivity contribution >= 4 is 9.84 Å². The Kier molecular flexibility index (Phi) is 3.80. The van der Waals surface area contributed by atoms with E-state index in [1.165, 1.54) is 19.3 Å². The number of hydrogen-bond acceptors (Lipinski definition) is 4. The molecule has 0 aromatic heterocycles. The van der Waals surface area contributed by atoms with E-state index in [0.717, 1.165) is 12.5 Å². The summed E-state index contributed by atoms with van der Waals surface area (Å²) in [5, 5.41) is 0. The lowest BCUT2D eigenvalue weighted by Crippen LogP contribution is -2.57. The minimum atomic E-state index is -2.80. The van der Waals surface area contributed by atoms with E-state index in [1.807, 2.05) is 0 Å². The lowest BCUT2D eigenvalue weighted by atomic mass is 9.82. The molecular formula is C12H24N2O2S. The van der Waals surface area contributed by atoms with Crippen molar-refractivity contribution in [3.63, 3.8) is 0 Å². The lowest BCUT2D eigenvalue weighted by Gasteiger charge is -2.46. The zero-order valence-electron chi connectivity index (χ0n) is 10.7. The molecule has 2 aliphatic rings. The molecular weight excluding hydrogens is 236 g/mol. The van der Waals surface area contributed by atoms with Crippen molar-refractivity contribution in [2.24, 2.45) is 11.7 Å². The van der Waals surface area contributed by atoms with Crippen molar-refractivity contribution in [2.75, 3.05) is 31.6 Å². The minimum Gasteiger partial charge on any atom is -0.329 e. The summed E-state index contributed by atoms with van der Waals surface area (Å²) in [6.45, 7) is 1.66. The summed E-state index contributed by atoms with van der Waals surface area (Å²) in [6.07, 6.45) is 5.40. The van der Waals surface area contributed by atoms with Gasteiger partial charge in [-0.25, -0.2) is 8.42 Å². The van der Waals surface area contributed by atoms with Gasteiger partial charge in [0.05, 0.1) is 11.5 Å². The number of likely N-dealkylation sites (N-methyl/N-ethyl adjacent to an activating group) is 1. The van der Waals surface area contributed by atoms with Gasteiger partial charge in [0, 0.05) is 18.6 Å². The molecule has 5 heteroatoms. The third kappa shape index (κ3) is 2.83. The first-order valence-electron chi connectivity index (χ1n) is 6.59. The second-order valence-electron chi connectivity index (χ2n) is 5.76. The largest absolute Gasteiger partial charge is 0.329 e. The van der Waals surface area contributed by atoms with Crippen LogP contribution in [-0.4, -0.2) is 50.5 Å². The molecule has 100 valence electrons. The molecule has 0 bridgehead atoms. The summed E-state index contributed by atoms with van der Waals surface area (Å²) in [7, 11) is -0.685. The molecule has 0 aromatic rings. The molecule has 0 atom stereocenters. The van der Waals surface area contributed by atoms with Crippen molar-refractivity contribution in [1.82, 2.24) is 4.90 Å². The van der Waals surface area contributed by atoms with E-state index >= 15 is 0 Å². The van der Waals surface area contributed by atoms with Crippen LogP contribution in [-0.2, 0) is 9.84 Å². The molecule has 0 unspecified atom stereocenters. The average Bonchev–Trinajstić information content (AvgIpc) is 2.24. The Hall–Kier alpha value is -0.130. The van der Waals surface area contributed by atoms with Gasteiger partial charge in [0.15, 0.2) is 0 Å². The summed E-state index contributed by atoms with van der Waals surface area (Å²) in [4.78, 5) is 2.34. The molecule has 1 aliphatic heterocycles. The third-order valence-corrected chi connectivity index (χ3v) is 6.36. The predicted octanol–water partition coefficient (Wildman–Crippen LogP) is 0.624. The molecule has 4 nitrogen and oxygen atoms in total. The van der Waals surface area contributed by atoms with E-state index in [1.54, 1.807) is 0 Å². The highest BCUT2D eigenvalue weighted by Crippen LogP contribution is 2.33. The Labute approximate surface area is 104 Å². The van der Waals surface area contributed by atoms with Crippen LogP contribution in [0.25, 0.3) is 0 Å². The second kappa shape index (κ2) is 4.86. The Balaban J connectivity index is 1.98. The van der Waals surface area contributed by atoms with E-state index in [4.69, 9.17) is 5.73 Å². The lowest BCUT2D eigenvalue weighted by molar-refractivity contribution is 0.0760. The molecule has 1 aliphatic carbocycles. The molecule has 2 fully saturated rings. The van der Waals surface area contributed by atoms with Crippen LogP contribution < -0.4 is 5.73 Å². The zero-order chi connectivity index (χ0) is 12.5. The summed E-state index contributed by atoms with van der Waals surface area (Å²) in [5.41, 5.74) is 5.86. The third-order valence-electron chi connectivity index (χ3n) is 4.70. The van der Waals surface area contributed by atoms with Crippen LogP contribution in [0, 0.1) is 5.92 Å². The van der Waals surface area contributed by atoms with E-state index in [0.29, 0.717) is 30.9 Å². The number of rotatable bonds is 4. The van der Waals surface area contributed by atoms with Gasteiger partial charge in [0.1, 0.15) is 9.84 Å². The first-order valence-corrected chi connectivity index (χ1v) is 8.41. The van der Waals surface area contributed by atoms with Crippen LogP contribution >= 0.6 is 0 Å². The fourth-order valence-corrected chi connectivity index (χ4v) is 4.50. The standard InChI is InChI=1S/C12H24N2O2S/c1-14(9-11-3-2-4-11)12(10-13)5-7-17(15,16)8-6-12/h11H,2-10,13H2,1H3. The smallest absolute Gasteiger partial charge is 0.150 e. The van der Waals surface area contributed by atoms with Gasteiger partial charge >= 0.3 is 0 Å². The minimum absolute atomic E-state index is 0.0685. The maximum atomic E-state index is 11.5. The number of nitrogens with two attached hydrogens (primary N) is 1. The number of hydrogen-bond donors (Lipinski definition) is 1. The normalized spacial score (nSPS) is 27.9.